The highest BCUT2D eigenvalue weighted by Gasteiger charge is 2.30. The molecule has 5 heteroatoms. The summed E-state index contributed by atoms with van der Waals surface area (Å²) in [5.41, 5.74) is 14.4. The molecule has 1 aromatic heterocycles. The SMILES string of the molecule is Nc1cc(N)cc(C(=O)N2CCCC2c2ccsc2)c1. The van der Waals surface area contributed by atoms with E-state index in [4.69, 9.17) is 11.5 Å². The molecule has 1 aliphatic rings. The minimum absolute atomic E-state index is 0.0118. The van der Waals surface area contributed by atoms with E-state index in [-0.39, 0.29) is 11.9 Å². The fourth-order valence-corrected chi connectivity index (χ4v) is 3.49. The molecule has 0 aliphatic carbocycles. The number of hydrogen-bond donors (Lipinski definition) is 2. The lowest BCUT2D eigenvalue weighted by atomic mass is 10.1. The van der Waals surface area contributed by atoms with E-state index in [1.807, 2.05) is 4.90 Å². The normalized spacial score (nSPS) is 18.4. The number of thiophene rings is 1. The van der Waals surface area contributed by atoms with Crippen LogP contribution in [-0.2, 0) is 0 Å². The van der Waals surface area contributed by atoms with Crippen molar-refractivity contribution in [2.75, 3.05) is 18.0 Å². The number of hydrogen-bond acceptors (Lipinski definition) is 4. The van der Waals surface area contributed by atoms with Gasteiger partial charge in [-0.2, -0.15) is 11.3 Å². The van der Waals surface area contributed by atoms with E-state index in [2.05, 4.69) is 16.8 Å². The fourth-order valence-electron chi connectivity index (χ4n) is 2.79. The van der Waals surface area contributed by atoms with Crippen LogP contribution in [0.2, 0.25) is 0 Å². The fraction of sp³-hybridized carbons (Fsp3) is 0.267. The van der Waals surface area contributed by atoms with Crippen LogP contribution in [0.25, 0.3) is 0 Å². The standard InChI is InChI=1S/C15H17N3OS/c16-12-6-11(7-13(17)8-12)15(19)18-4-1-2-14(18)10-3-5-20-9-10/h3,5-9,14H,1-2,4,16-17H2. The van der Waals surface area contributed by atoms with Crippen LogP contribution in [0.3, 0.4) is 0 Å². The van der Waals surface area contributed by atoms with Crippen LogP contribution < -0.4 is 11.5 Å². The molecule has 1 unspecified atom stereocenters. The molecule has 1 aliphatic heterocycles. The number of nitrogens with two attached hydrogens (primary N) is 2. The largest absolute Gasteiger partial charge is 0.399 e. The number of anilines is 2. The molecule has 104 valence electrons. The van der Waals surface area contributed by atoms with Gasteiger partial charge in [0, 0.05) is 23.5 Å². The molecule has 2 heterocycles. The second kappa shape index (κ2) is 5.17. The van der Waals surface area contributed by atoms with Gasteiger partial charge < -0.3 is 16.4 Å². The maximum Gasteiger partial charge on any atom is 0.254 e. The van der Waals surface area contributed by atoms with Crippen molar-refractivity contribution in [3.8, 4) is 0 Å². The van der Waals surface area contributed by atoms with Crippen molar-refractivity contribution in [1.82, 2.24) is 4.90 Å². The highest BCUT2D eigenvalue weighted by Crippen LogP contribution is 2.34. The first-order valence-corrected chi connectivity index (χ1v) is 7.58. The van der Waals surface area contributed by atoms with Crippen LogP contribution in [0.1, 0.15) is 34.8 Å². The van der Waals surface area contributed by atoms with E-state index in [0.29, 0.717) is 16.9 Å². The third kappa shape index (κ3) is 2.36. The molecule has 1 fully saturated rings. The zero-order valence-corrected chi connectivity index (χ0v) is 11.9. The Morgan fingerprint density at radius 1 is 1.25 bits per heavy atom. The topological polar surface area (TPSA) is 72.3 Å². The molecule has 20 heavy (non-hydrogen) atoms. The first kappa shape index (κ1) is 13.0. The lowest BCUT2D eigenvalue weighted by molar-refractivity contribution is 0.0736. The molecule has 1 aromatic carbocycles. The summed E-state index contributed by atoms with van der Waals surface area (Å²) in [4.78, 5) is 14.6. The summed E-state index contributed by atoms with van der Waals surface area (Å²) < 4.78 is 0. The van der Waals surface area contributed by atoms with Crippen molar-refractivity contribution in [2.24, 2.45) is 0 Å². The van der Waals surface area contributed by atoms with Crippen molar-refractivity contribution in [2.45, 2.75) is 18.9 Å². The van der Waals surface area contributed by atoms with Gasteiger partial charge in [-0.25, -0.2) is 0 Å². The van der Waals surface area contributed by atoms with E-state index < -0.39 is 0 Å². The predicted octanol–water partition coefficient (Wildman–Crippen LogP) is 2.89. The van der Waals surface area contributed by atoms with Crippen LogP contribution in [0.4, 0.5) is 11.4 Å². The predicted molar refractivity (Wildman–Crippen MR) is 82.6 cm³/mol. The van der Waals surface area contributed by atoms with Gasteiger partial charge in [-0.1, -0.05) is 0 Å². The molecule has 1 saturated heterocycles. The molecule has 1 amide bonds. The van der Waals surface area contributed by atoms with E-state index in [9.17, 15) is 4.79 Å². The van der Waals surface area contributed by atoms with Crippen LogP contribution in [-0.4, -0.2) is 17.4 Å². The van der Waals surface area contributed by atoms with Gasteiger partial charge in [0.05, 0.1) is 6.04 Å². The van der Waals surface area contributed by atoms with Gasteiger partial charge in [0.15, 0.2) is 0 Å². The van der Waals surface area contributed by atoms with Crippen LogP contribution in [0.15, 0.2) is 35.0 Å². The molecule has 4 nitrogen and oxygen atoms in total. The Hall–Kier alpha value is -2.01. The van der Waals surface area contributed by atoms with Crippen molar-refractivity contribution >= 4 is 28.6 Å². The Morgan fingerprint density at radius 2 is 2.00 bits per heavy atom. The molecule has 1 atom stereocenters. The third-order valence-electron chi connectivity index (χ3n) is 3.67. The van der Waals surface area contributed by atoms with Gasteiger partial charge in [-0.05, 0) is 53.4 Å². The Kier molecular flexibility index (Phi) is 3.36. The molecule has 2 aromatic rings. The van der Waals surface area contributed by atoms with E-state index in [0.717, 1.165) is 19.4 Å². The molecule has 0 bridgehead atoms. The smallest absolute Gasteiger partial charge is 0.254 e. The van der Waals surface area contributed by atoms with Crippen LogP contribution in [0, 0.1) is 0 Å². The number of carbonyl (C=O) groups excluding carboxylic acids is 1. The van der Waals surface area contributed by atoms with Crippen molar-refractivity contribution in [1.29, 1.82) is 0 Å². The van der Waals surface area contributed by atoms with E-state index in [1.54, 1.807) is 29.5 Å². The average Bonchev–Trinajstić information content (AvgIpc) is 3.07. The summed E-state index contributed by atoms with van der Waals surface area (Å²) in [6, 6.07) is 7.33. The zero-order chi connectivity index (χ0) is 14.1. The average molecular weight is 287 g/mol. The first-order valence-electron chi connectivity index (χ1n) is 6.64. The van der Waals surface area contributed by atoms with Gasteiger partial charge in [-0.15, -0.1) is 0 Å². The van der Waals surface area contributed by atoms with E-state index >= 15 is 0 Å². The number of nitrogens with zero attached hydrogens (tertiary/aromatic N) is 1. The van der Waals surface area contributed by atoms with Crippen molar-refractivity contribution in [3.05, 3.63) is 46.2 Å². The van der Waals surface area contributed by atoms with Gasteiger partial charge in [0.25, 0.3) is 5.91 Å². The Labute approximate surface area is 122 Å². The highest BCUT2D eigenvalue weighted by molar-refractivity contribution is 7.07. The third-order valence-corrected chi connectivity index (χ3v) is 4.37. The highest BCUT2D eigenvalue weighted by atomic mass is 32.1. The maximum atomic E-state index is 12.7. The Morgan fingerprint density at radius 3 is 2.65 bits per heavy atom. The molecule has 0 spiro atoms. The maximum absolute atomic E-state index is 12.7. The first-order chi connectivity index (χ1) is 9.65. The van der Waals surface area contributed by atoms with Gasteiger partial charge in [0.1, 0.15) is 0 Å². The molecule has 0 radical (unpaired) electrons. The van der Waals surface area contributed by atoms with Gasteiger partial charge in [0.2, 0.25) is 0 Å². The molecular weight excluding hydrogens is 270 g/mol. The van der Waals surface area contributed by atoms with Gasteiger partial charge >= 0.3 is 0 Å². The second-order valence-electron chi connectivity index (χ2n) is 5.10. The van der Waals surface area contributed by atoms with Gasteiger partial charge in [-0.3, -0.25) is 4.79 Å². The molecule has 4 N–H and O–H groups in total. The molecular formula is C15H17N3OS. The Balaban J connectivity index is 1.89. The minimum Gasteiger partial charge on any atom is -0.399 e. The molecule has 0 saturated carbocycles. The summed E-state index contributed by atoms with van der Waals surface area (Å²) in [6.45, 7) is 0.786. The van der Waals surface area contributed by atoms with Crippen molar-refractivity contribution in [3.63, 3.8) is 0 Å². The van der Waals surface area contributed by atoms with Crippen LogP contribution in [0.5, 0.6) is 0 Å². The Bertz CT molecular complexity index is 604. The minimum atomic E-state index is 0.0118. The van der Waals surface area contributed by atoms with Crippen LogP contribution >= 0.6 is 11.3 Å². The quantitative estimate of drug-likeness (QED) is 0.834. The summed E-state index contributed by atoms with van der Waals surface area (Å²) in [5.74, 6) is 0.0118. The zero-order valence-electron chi connectivity index (χ0n) is 11.1. The van der Waals surface area contributed by atoms with E-state index in [1.165, 1.54) is 5.56 Å². The molecule has 3 rings (SSSR count). The monoisotopic (exact) mass is 287 g/mol. The summed E-state index contributed by atoms with van der Waals surface area (Å²) in [5, 5.41) is 4.17. The lowest BCUT2D eigenvalue weighted by Gasteiger charge is -2.24. The number of likely N-dealkylation sites (tertiary alicyclic amines) is 1. The lowest BCUT2D eigenvalue weighted by Crippen LogP contribution is -2.30. The number of carbonyl (C=O) groups is 1. The number of amides is 1. The summed E-state index contributed by atoms with van der Waals surface area (Å²) in [6.07, 6.45) is 2.05. The summed E-state index contributed by atoms with van der Waals surface area (Å²) in [7, 11) is 0. The summed E-state index contributed by atoms with van der Waals surface area (Å²) >= 11 is 1.66. The second-order valence-corrected chi connectivity index (χ2v) is 5.88. The van der Waals surface area contributed by atoms with Crippen molar-refractivity contribution < 1.29 is 4.79 Å². The number of nitrogen functional groups attached to an aromatic ring is 2. The number of benzene rings is 1. The number of rotatable bonds is 2.